The lowest BCUT2D eigenvalue weighted by atomic mass is 10.1. The van der Waals surface area contributed by atoms with E-state index in [-0.39, 0.29) is 17.9 Å². The normalized spacial score (nSPS) is 12.4. The van der Waals surface area contributed by atoms with Crippen LogP contribution in [0.5, 0.6) is 11.5 Å². The number of hydrogen-bond donors (Lipinski definition) is 1. The lowest BCUT2D eigenvalue weighted by Gasteiger charge is -2.18. The van der Waals surface area contributed by atoms with E-state index in [9.17, 15) is 9.59 Å². The van der Waals surface area contributed by atoms with Gasteiger partial charge in [-0.05, 0) is 35.4 Å². The van der Waals surface area contributed by atoms with Crippen LogP contribution in [0.2, 0.25) is 5.02 Å². The predicted molar refractivity (Wildman–Crippen MR) is 111 cm³/mol. The van der Waals surface area contributed by atoms with E-state index in [1.807, 2.05) is 30.3 Å². The van der Waals surface area contributed by atoms with Gasteiger partial charge in [0.1, 0.15) is 13.2 Å². The molecule has 1 aliphatic rings. The molecule has 0 radical (unpaired) electrons. The van der Waals surface area contributed by atoms with Crippen molar-refractivity contribution in [3.63, 3.8) is 0 Å². The molecular weight excluding hydrogens is 392 g/mol. The van der Waals surface area contributed by atoms with Crippen LogP contribution in [0.25, 0.3) is 0 Å². The molecule has 0 spiro atoms. The zero-order valence-corrected chi connectivity index (χ0v) is 16.3. The number of nitrogens with zero attached hydrogens (tertiary/aromatic N) is 1. The van der Waals surface area contributed by atoms with Gasteiger partial charge in [0.15, 0.2) is 11.5 Å². The minimum absolute atomic E-state index is 0.172. The first-order valence-electron chi connectivity index (χ1n) is 9.21. The molecule has 148 valence electrons. The number of hydrogen-bond acceptors (Lipinski definition) is 4. The Bertz CT molecular complexity index is 1110. The fraction of sp³-hybridized carbons (Fsp3) is 0.182. The minimum atomic E-state index is -0.190. The highest BCUT2D eigenvalue weighted by atomic mass is 35.5. The van der Waals surface area contributed by atoms with Crippen molar-refractivity contribution in [2.75, 3.05) is 18.5 Å². The van der Waals surface area contributed by atoms with Gasteiger partial charge >= 0.3 is 0 Å². The molecule has 29 heavy (non-hydrogen) atoms. The van der Waals surface area contributed by atoms with Crippen LogP contribution in [0.3, 0.4) is 0 Å². The summed E-state index contributed by atoms with van der Waals surface area (Å²) >= 11 is 6.19. The fourth-order valence-corrected chi connectivity index (χ4v) is 3.32. The summed E-state index contributed by atoms with van der Waals surface area (Å²) in [5.41, 5.74) is 2.01. The third-order valence-electron chi connectivity index (χ3n) is 4.54. The van der Waals surface area contributed by atoms with Gasteiger partial charge in [0.05, 0.1) is 18.7 Å². The molecule has 0 bridgehead atoms. The van der Waals surface area contributed by atoms with E-state index in [1.54, 1.807) is 24.4 Å². The van der Waals surface area contributed by atoms with Gasteiger partial charge in [0.25, 0.3) is 5.56 Å². The zero-order valence-electron chi connectivity index (χ0n) is 15.6. The van der Waals surface area contributed by atoms with Gasteiger partial charge < -0.3 is 19.4 Å². The van der Waals surface area contributed by atoms with Crippen LogP contribution in [0.15, 0.2) is 65.6 Å². The number of carbonyl (C=O) groups excluding carboxylic acids is 1. The van der Waals surface area contributed by atoms with Crippen LogP contribution in [-0.4, -0.2) is 23.7 Å². The van der Waals surface area contributed by atoms with Gasteiger partial charge in [0.2, 0.25) is 5.91 Å². The van der Waals surface area contributed by atoms with Crippen molar-refractivity contribution in [2.45, 2.75) is 13.0 Å². The summed E-state index contributed by atoms with van der Waals surface area (Å²) in [5.74, 6) is 1.14. The maximum absolute atomic E-state index is 12.5. The summed E-state index contributed by atoms with van der Waals surface area (Å²) in [5, 5.41) is 3.42. The number of amides is 1. The minimum Gasteiger partial charge on any atom is -0.486 e. The van der Waals surface area contributed by atoms with Gasteiger partial charge in [-0.1, -0.05) is 35.9 Å². The Hall–Kier alpha value is -3.25. The largest absolute Gasteiger partial charge is 0.486 e. The lowest BCUT2D eigenvalue weighted by molar-refractivity contribution is -0.115. The molecule has 0 fully saturated rings. The fourth-order valence-electron chi connectivity index (χ4n) is 3.13. The van der Waals surface area contributed by atoms with Gasteiger partial charge in [-0.25, -0.2) is 0 Å². The number of nitrogens with one attached hydrogen (secondary N) is 1. The Morgan fingerprint density at radius 2 is 1.83 bits per heavy atom. The summed E-state index contributed by atoms with van der Waals surface area (Å²) in [6.45, 7) is 1.34. The van der Waals surface area contributed by atoms with Crippen molar-refractivity contribution in [3.05, 3.63) is 87.3 Å². The van der Waals surface area contributed by atoms with E-state index >= 15 is 0 Å². The van der Waals surface area contributed by atoms with Crippen LogP contribution < -0.4 is 20.3 Å². The highest BCUT2D eigenvalue weighted by Crippen LogP contribution is 2.30. The van der Waals surface area contributed by atoms with Crippen LogP contribution in [-0.2, 0) is 17.8 Å². The first-order chi connectivity index (χ1) is 14.1. The van der Waals surface area contributed by atoms with E-state index in [2.05, 4.69) is 5.32 Å². The third-order valence-corrected chi connectivity index (χ3v) is 4.91. The molecule has 2 heterocycles. The number of aromatic nitrogens is 1. The summed E-state index contributed by atoms with van der Waals surface area (Å²) in [6.07, 6.45) is 1.80. The van der Waals surface area contributed by atoms with Crippen molar-refractivity contribution in [1.29, 1.82) is 0 Å². The SMILES string of the molecule is O=C(Cc1ccc2c(c1)OCCO2)Nc1ccc(=O)n(Cc2ccccc2Cl)c1. The Morgan fingerprint density at radius 1 is 1.03 bits per heavy atom. The maximum atomic E-state index is 12.5. The second-order valence-corrected chi connectivity index (χ2v) is 7.09. The standard InChI is InChI=1S/C22H19ClN2O4/c23-18-4-2-1-3-16(18)13-25-14-17(6-8-22(25)27)24-21(26)12-15-5-7-19-20(11-15)29-10-9-28-19/h1-8,11,14H,9-10,12-13H2,(H,24,26). The number of halogens is 1. The molecule has 6 nitrogen and oxygen atoms in total. The Kier molecular flexibility index (Phi) is 5.53. The zero-order chi connectivity index (χ0) is 20.2. The van der Waals surface area contributed by atoms with Crippen molar-refractivity contribution in [3.8, 4) is 11.5 Å². The highest BCUT2D eigenvalue weighted by molar-refractivity contribution is 6.31. The maximum Gasteiger partial charge on any atom is 0.250 e. The molecular formula is C22H19ClN2O4. The number of ether oxygens (including phenoxy) is 2. The summed E-state index contributed by atoms with van der Waals surface area (Å²) in [6, 6.07) is 15.8. The van der Waals surface area contributed by atoms with E-state index < -0.39 is 0 Å². The Labute approximate surface area is 172 Å². The number of rotatable bonds is 5. The van der Waals surface area contributed by atoms with Gasteiger partial charge in [-0.3, -0.25) is 9.59 Å². The summed E-state index contributed by atoms with van der Waals surface area (Å²) < 4.78 is 12.6. The number of fused-ring (bicyclic) bond motifs is 1. The summed E-state index contributed by atoms with van der Waals surface area (Å²) in [7, 11) is 0. The number of anilines is 1. The third kappa shape index (κ3) is 4.60. The van der Waals surface area contributed by atoms with E-state index in [0.717, 1.165) is 11.1 Å². The molecule has 1 aliphatic heterocycles. The first kappa shape index (κ1) is 19.1. The quantitative estimate of drug-likeness (QED) is 0.699. The van der Waals surface area contributed by atoms with Crippen molar-refractivity contribution in [1.82, 2.24) is 4.57 Å². The van der Waals surface area contributed by atoms with Gasteiger partial charge in [-0.15, -0.1) is 0 Å². The van der Waals surface area contributed by atoms with Crippen molar-refractivity contribution < 1.29 is 14.3 Å². The first-order valence-corrected chi connectivity index (χ1v) is 9.58. The predicted octanol–water partition coefficient (Wildman–Crippen LogP) is 3.50. The van der Waals surface area contributed by atoms with Crippen molar-refractivity contribution >= 4 is 23.2 Å². The van der Waals surface area contributed by atoms with Gasteiger partial charge in [0, 0.05) is 17.3 Å². The molecule has 1 amide bonds. The van der Waals surface area contributed by atoms with Crippen LogP contribution in [0.1, 0.15) is 11.1 Å². The topological polar surface area (TPSA) is 69.6 Å². The second kappa shape index (κ2) is 8.41. The van der Waals surface area contributed by atoms with E-state index in [1.165, 1.54) is 10.6 Å². The molecule has 4 rings (SSSR count). The molecule has 1 aromatic heterocycles. The van der Waals surface area contributed by atoms with Gasteiger partial charge in [-0.2, -0.15) is 0 Å². The van der Waals surface area contributed by atoms with Crippen LogP contribution in [0, 0.1) is 0 Å². The Balaban J connectivity index is 1.46. The van der Waals surface area contributed by atoms with Crippen LogP contribution in [0.4, 0.5) is 5.69 Å². The highest BCUT2D eigenvalue weighted by Gasteiger charge is 2.13. The molecule has 1 N–H and O–H groups in total. The molecule has 7 heteroatoms. The monoisotopic (exact) mass is 410 g/mol. The van der Waals surface area contributed by atoms with E-state index in [0.29, 0.717) is 42.0 Å². The average molecular weight is 411 g/mol. The summed E-state index contributed by atoms with van der Waals surface area (Å²) in [4.78, 5) is 24.6. The smallest absolute Gasteiger partial charge is 0.250 e. The molecule has 0 atom stereocenters. The van der Waals surface area contributed by atoms with Crippen molar-refractivity contribution in [2.24, 2.45) is 0 Å². The molecule has 0 saturated heterocycles. The Morgan fingerprint density at radius 3 is 2.66 bits per heavy atom. The molecule has 0 aliphatic carbocycles. The van der Waals surface area contributed by atoms with E-state index in [4.69, 9.17) is 21.1 Å². The molecule has 3 aromatic rings. The average Bonchev–Trinajstić information content (AvgIpc) is 2.72. The number of carbonyl (C=O) groups is 1. The molecule has 0 saturated carbocycles. The second-order valence-electron chi connectivity index (χ2n) is 6.68. The molecule has 2 aromatic carbocycles. The molecule has 0 unspecified atom stereocenters. The van der Waals surface area contributed by atoms with Crippen LogP contribution >= 0.6 is 11.6 Å². The lowest BCUT2D eigenvalue weighted by Crippen LogP contribution is -2.22. The number of benzene rings is 2. The number of pyridine rings is 1.